The van der Waals surface area contributed by atoms with Crippen molar-refractivity contribution in [1.82, 2.24) is 0 Å². The lowest BCUT2D eigenvalue weighted by atomic mass is 10.0. The van der Waals surface area contributed by atoms with Gasteiger partial charge in [0.15, 0.2) is 0 Å². The van der Waals surface area contributed by atoms with E-state index in [4.69, 9.17) is 4.74 Å². The van der Waals surface area contributed by atoms with E-state index in [1.54, 1.807) is 18.2 Å². The Labute approximate surface area is 125 Å². The minimum Gasteiger partial charge on any atom is -0.378 e. The van der Waals surface area contributed by atoms with Crippen molar-refractivity contribution in [3.05, 3.63) is 50.6 Å². The van der Waals surface area contributed by atoms with E-state index in [2.05, 4.69) is 0 Å². The van der Waals surface area contributed by atoms with Crippen LogP contribution in [0, 0.1) is 20.2 Å². The molecule has 1 fully saturated rings. The number of anilines is 1. The van der Waals surface area contributed by atoms with Crippen LogP contribution in [0.3, 0.4) is 0 Å². The van der Waals surface area contributed by atoms with Gasteiger partial charge < -0.3 is 9.64 Å². The quantitative estimate of drug-likeness (QED) is 0.638. The summed E-state index contributed by atoms with van der Waals surface area (Å²) in [7, 11) is 0. The highest BCUT2D eigenvalue weighted by molar-refractivity contribution is 6.02. The average Bonchev–Trinajstić information content (AvgIpc) is 2.53. The lowest BCUT2D eigenvalue weighted by Gasteiger charge is -2.28. The van der Waals surface area contributed by atoms with Gasteiger partial charge in [0, 0.05) is 19.2 Å². The van der Waals surface area contributed by atoms with Crippen molar-refractivity contribution in [1.29, 1.82) is 0 Å². The number of rotatable bonds is 3. The zero-order chi connectivity index (χ0) is 15.7. The summed E-state index contributed by atoms with van der Waals surface area (Å²) in [6, 6.07) is 7.78. The molecule has 1 heterocycles. The maximum Gasteiger partial charge on any atom is 0.307 e. The van der Waals surface area contributed by atoms with E-state index in [1.807, 2.05) is 4.90 Å². The molecular weight excluding hydrogens is 290 g/mol. The molecule has 0 bridgehead atoms. The molecule has 0 N–H and O–H groups in total. The first-order chi connectivity index (χ1) is 10.6. The van der Waals surface area contributed by atoms with E-state index in [9.17, 15) is 20.2 Å². The van der Waals surface area contributed by atoms with Crippen LogP contribution < -0.4 is 4.90 Å². The summed E-state index contributed by atoms with van der Waals surface area (Å²) in [5, 5.41) is 23.4. The van der Waals surface area contributed by atoms with Crippen molar-refractivity contribution >= 4 is 27.8 Å². The molecule has 8 heteroatoms. The SMILES string of the molecule is O=[N+]([O-])c1cccc2ccc(N3CCOCC3)c([N+](=O)[O-])c12. The third-order valence-corrected chi connectivity index (χ3v) is 3.71. The molecule has 2 aromatic rings. The molecule has 3 rings (SSSR count). The van der Waals surface area contributed by atoms with Crippen molar-refractivity contribution in [2.24, 2.45) is 0 Å². The Hall–Kier alpha value is -2.74. The van der Waals surface area contributed by atoms with Crippen molar-refractivity contribution in [3.63, 3.8) is 0 Å². The topological polar surface area (TPSA) is 98.8 Å². The van der Waals surface area contributed by atoms with E-state index in [-0.39, 0.29) is 16.8 Å². The van der Waals surface area contributed by atoms with Crippen LogP contribution in [0.4, 0.5) is 17.1 Å². The highest BCUT2D eigenvalue weighted by Gasteiger charge is 2.29. The van der Waals surface area contributed by atoms with Gasteiger partial charge >= 0.3 is 5.69 Å². The molecule has 1 saturated heterocycles. The van der Waals surface area contributed by atoms with Crippen molar-refractivity contribution in [2.75, 3.05) is 31.2 Å². The van der Waals surface area contributed by atoms with Crippen molar-refractivity contribution in [2.45, 2.75) is 0 Å². The molecule has 0 aliphatic carbocycles. The molecule has 22 heavy (non-hydrogen) atoms. The highest BCUT2D eigenvalue weighted by atomic mass is 16.6. The van der Waals surface area contributed by atoms with E-state index in [0.717, 1.165) is 0 Å². The van der Waals surface area contributed by atoms with Gasteiger partial charge in [-0.05, 0) is 11.5 Å². The highest BCUT2D eigenvalue weighted by Crippen LogP contribution is 2.40. The fraction of sp³-hybridized carbons (Fsp3) is 0.286. The van der Waals surface area contributed by atoms with Crippen LogP contribution in [0.25, 0.3) is 10.8 Å². The van der Waals surface area contributed by atoms with Gasteiger partial charge in [-0.2, -0.15) is 0 Å². The molecule has 114 valence electrons. The van der Waals surface area contributed by atoms with Crippen LogP contribution in [0.15, 0.2) is 30.3 Å². The van der Waals surface area contributed by atoms with E-state index < -0.39 is 9.85 Å². The minimum absolute atomic E-state index is 0.0708. The monoisotopic (exact) mass is 303 g/mol. The van der Waals surface area contributed by atoms with Crippen LogP contribution in [-0.4, -0.2) is 36.1 Å². The Morgan fingerprint density at radius 3 is 2.36 bits per heavy atom. The number of morpholine rings is 1. The smallest absolute Gasteiger partial charge is 0.307 e. The molecule has 0 unspecified atom stereocenters. The maximum atomic E-state index is 11.6. The predicted octanol–water partition coefficient (Wildman–Crippen LogP) is 2.49. The Kier molecular flexibility index (Phi) is 3.60. The molecule has 0 saturated carbocycles. The summed E-state index contributed by atoms with van der Waals surface area (Å²) in [4.78, 5) is 23.5. The molecular formula is C14H13N3O5. The number of nitro benzene ring substituents is 2. The van der Waals surface area contributed by atoms with Crippen LogP contribution in [-0.2, 0) is 4.74 Å². The summed E-state index contributed by atoms with van der Waals surface area (Å²) in [6.07, 6.45) is 0. The van der Waals surface area contributed by atoms with Crippen LogP contribution in [0.5, 0.6) is 0 Å². The van der Waals surface area contributed by atoms with E-state index in [0.29, 0.717) is 37.4 Å². The normalized spacial score (nSPS) is 15.0. The van der Waals surface area contributed by atoms with E-state index >= 15 is 0 Å². The van der Waals surface area contributed by atoms with Gasteiger partial charge in [-0.15, -0.1) is 0 Å². The molecule has 2 aromatic carbocycles. The predicted molar refractivity (Wildman–Crippen MR) is 80.3 cm³/mol. The molecule has 0 spiro atoms. The van der Waals surface area contributed by atoms with Gasteiger partial charge in [-0.1, -0.05) is 18.2 Å². The Bertz CT molecular complexity index is 755. The van der Waals surface area contributed by atoms with Crippen molar-refractivity contribution < 1.29 is 14.6 Å². The average molecular weight is 303 g/mol. The van der Waals surface area contributed by atoms with Gasteiger partial charge in [0.25, 0.3) is 5.69 Å². The molecule has 0 radical (unpaired) electrons. The first kappa shape index (κ1) is 14.2. The summed E-state index contributed by atoms with van der Waals surface area (Å²) in [5.41, 5.74) is -0.0684. The van der Waals surface area contributed by atoms with Crippen molar-refractivity contribution in [3.8, 4) is 0 Å². The zero-order valence-corrected chi connectivity index (χ0v) is 11.6. The van der Waals surface area contributed by atoms with Crippen LogP contribution in [0.2, 0.25) is 0 Å². The maximum absolute atomic E-state index is 11.6. The molecule has 0 amide bonds. The number of ether oxygens (including phenoxy) is 1. The molecule has 1 aliphatic heterocycles. The first-order valence-electron chi connectivity index (χ1n) is 6.77. The number of hydrogen-bond donors (Lipinski definition) is 0. The molecule has 0 aromatic heterocycles. The van der Waals surface area contributed by atoms with Gasteiger partial charge in [0.05, 0.1) is 23.1 Å². The molecule has 1 aliphatic rings. The van der Waals surface area contributed by atoms with Gasteiger partial charge in [0.2, 0.25) is 0 Å². The number of fused-ring (bicyclic) bond motifs is 1. The zero-order valence-electron chi connectivity index (χ0n) is 11.6. The fourth-order valence-corrected chi connectivity index (χ4v) is 2.73. The second-order valence-corrected chi connectivity index (χ2v) is 4.92. The standard InChI is InChI=1S/C14H13N3O5/c18-16(19)11-3-1-2-10-4-5-12(14(13(10)11)17(20)21)15-6-8-22-9-7-15/h1-5H,6-9H2. The lowest BCUT2D eigenvalue weighted by molar-refractivity contribution is -0.389. The second kappa shape index (κ2) is 5.57. The second-order valence-electron chi connectivity index (χ2n) is 4.92. The molecule has 0 atom stereocenters. The van der Waals surface area contributed by atoms with Gasteiger partial charge in [-0.3, -0.25) is 20.2 Å². The van der Waals surface area contributed by atoms with E-state index in [1.165, 1.54) is 12.1 Å². The van der Waals surface area contributed by atoms with Crippen LogP contribution >= 0.6 is 0 Å². The first-order valence-corrected chi connectivity index (χ1v) is 6.77. The number of nitro groups is 2. The largest absolute Gasteiger partial charge is 0.378 e. The Morgan fingerprint density at radius 1 is 1.00 bits per heavy atom. The number of nitrogens with zero attached hydrogens (tertiary/aromatic N) is 3. The number of non-ortho nitro benzene ring substituents is 1. The summed E-state index contributed by atoms with van der Waals surface area (Å²) in [5.74, 6) is 0. The Balaban J connectivity index is 2.29. The third kappa shape index (κ3) is 2.33. The van der Waals surface area contributed by atoms with Gasteiger partial charge in [0.1, 0.15) is 11.1 Å². The van der Waals surface area contributed by atoms with Crippen LogP contribution in [0.1, 0.15) is 0 Å². The fourth-order valence-electron chi connectivity index (χ4n) is 2.73. The Morgan fingerprint density at radius 2 is 1.73 bits per heavy atom. The van der Waals surface area contributed by atoms with Gasteiger partial charge in [-0.25, -0.2) is 0 Å². The summed E-state index contributed by atoms with van der Waals surface area (Å²) >= 11 is 0. The lowest BCUT2D eigenvalue weighted by Crippen LogP contribution is -2.36. The number of hydrogen-bond acceptors (Lipinski definition) is 6. The molecule has 8 nitrogen and oxygen atoms in total. The third-order valence-electron chi connectivity index (χ3n) is 3.71. The summed E-state index contributed by atoms with van der Waals surface area (Å²) in [6.45, 7) is 2.00. The summed E-state index contributed by atoms with van der Waals surface area (Å²) < 4.78 is 5.25. The number of benzene rings is 2. The minimum atomic E-state index is -0.585.